The molecule has 0 atom stereocenters. The molecule has 5 rings (SSSR count). The number of benzene rings is 2. The van der Waals surface area contributed by atoms with Crippen LogP contribution in [0.1, 0.15) is 5.69 Å². The summed E-state index contributed by atoms with van der Waals surface area (Å²) in [5.74, 6) is 0. The van der Waals surface area contributed by atoms with Crippen molar-refractivity contribution in [1.82, 2.24) is 14.4 Å². The van der Waals surface area contributed by atoms with Crippen molar-refractivity contribution in [2.75, 3.05) is 0 Å². The fraction of sp³-hybridized carbons (Fsp3) is 0.0526. The van der Waals surface area contributed by atoms with Gasteiger partial charge in [-0.2, -0.15) is 0 Å². The Hall–Kier alpha value is -2.92. The van der Waals surface area contributed by atoms with Gasteiger partial charge in [0.15, 0.2) is 0 Å². The van der Waals surface area contributed by atoms with Gasteiger partial charge in [0, 0.05) is 17.3 Å². The van der Waals surface area contributed by atoms with Gasteiger partial charge in [-0.1, -0.05) is 24.3 Å². The largest absolute Gasteiger partial charge is 0.343 e. The summed E-state index contributed by atoms with van der Waals surface area (Å²) in [6.07, 6.45) is 2.02. The first kappa shape index (κ1) is 13.5. The second-order valence-electron chi connectivity index (χ2n) is 5.86. The molecule has 0 saturated carbocycles. The van der Waals surface area contributed by atoms with Gasteiger partial charge in [0.05, 0.1) is 21.3 Å². The number of aromatic amines is 1. The lowest BCUT2D eigenvalue weighted by atomic mass is 10.1. The summed E-state index contributed by atoms with van der Waals surface area (Å²) >= 11 is 1.55. The molecule has 0 aliphatic carbocycles. The lowest BCUT2D eigenvalue weighted by molar-refractivity contribution is 1.24. The molecule has 24 heavy (non-hydrogen) atoms. The molecule has 2 aromatic carbocycles. The first-order valence-electron chi connectivity index (χ1n) is 7.71. The highest BCUT2D eigenvalue weighted by atomic mass is 32.1. The summed E-state index contributed by atoms with van der Waals surface area (Å²) in [7, 11) is 0. The third-order valence-electron chi connectivity index (χ3n) is 4.26. The number of fused-ring (bicyclic) bond motifs is 4. The number of aromatic nitrogens is 3. The smallest absolute Gasteiger partial charge is 0.201 e. The first-order chi connectivity index (χ1) is 11.7. The van der Waals surface area contributed by atoms with Crippen molar-refractivity contribution in [3.8, 4) is 10.6 Å². The molecule has 116 valence electrons. The SMILES string of the molecule is Cc1cn2c([nH]1)c(-c1nc3ccccc3s1)c(=O)c1ccccc12. The van der Waals surface area contributed by atoms with Gasteiger partial charge < -0.3 is 9.38 Å². The third-order valence-corrected chi connectivity index (χ3v) is 5.31. The van der Waals surface area contributed by atoms with Crippen LogP contribution in [0.5, 0.6) is 0 Å². The number of thiazole rings is 1. The monoisotopic (exact) mass is 331 g/mol. The third kappa shape index (κ3) is 1.79. The van der Waals surface area contributed by atoms with Gasteiger partial charge in [-0.05, 0) is 31.2 Å². The number of imidazole rings is 1. The predicted octanol–water partition coefficient (Wildman–Crippen LogP) is 4.37. The summed E-state index contributed by atoms with van der Waals surface area (Å²) in [6.45, 7) is 1.99. The normalized spacial score (nSPS) is 11.7. The minimum Gasteiger partial charge on any atom is -0.343 e. The van der Waals surface area contributed by atoms with Crippen molar-refractivity contribution in [3.63, 3.8) is 0 Å². The molecule has 0 fully saturated rings. The van der Waals surface area contributed by atoms with Crippen molar-refractivity contribution in [2.24, 2.45) is 0 Å². The van der Waals surface area contributed by atoms with E-state index in [1.807, 2.05) is 66.1 Å². The van der Waals surface area contributed by atoms with Crippen LogP contribution in [-0.4, -0.2) is 14.4 Å². The van der Waals surface area contributed by atoms with E-state index in [0.717, 1.165) is 32.1 Å². The van der Waals surface area contributed by atoms with Crippen LogP contribution in [-0.2, 0) is 0 Å². The Bertz CT molecular complexity index is 1260. The number of nitrogens with one attached hydrogen (secondary N) is 1. The molecule has 0 unspecified atom stereocenters. The minimum absolute atomic E-state index is 0.0199. The fourth-order valence-corrected chi connectivity index (χ4v) is 4.21. The Morgan fingerprint density at radius 3 is 2.75 bits per heavy atom. The molecular weight excluding hydrogens is 318 g/mol. The van der Waals surface area contributed by atoms with Gasteiger partial charge in [-0.25, -0.2) is 4.98 Å². The van der Waals surface area contributed by atoms with Crippen LogP contribution in [0.25, 0.3) is 37.3 Å². The Labute approximate surface area is 141 Å². The summed E-state index contributed by atoms with van der Waals surface area (Å²) < 4.78 is 3.13. The number of para-hydroxylation sites is 2. The molecule has 0 bridgehead atoms. The predicted molar refractivity (Wildman–Crippen MR) is 98.9 cm³/mol. The van der Waals surface area contributed by atoms with Crippen molar-refractivity contribution < 1.29 is 0 Å². The molecule has 0 spiro atoms. The molecule has 0 saturated heterocycles. The molecule has 5 aromatic rings. The van der Waals surface area contributed by atoms with Gasteiger partial charge in [-0.3, -0.25) is 4.79 Å². The highest BCUT2D eigenvalue weighted by Gasteiger charge is 2.18. The lowest BCUT2D eigenvalue weighted by Crippen LogP contribution is -2.09. The van der Waals surface area contributed by atoms with Crippen molar-refractivity contribution in [1.29, 1.82) is 0 Å². The van der Waals surface area contributed by atoms with Gasteiger partial charge in [0.2, 0.25) is 5.43 Å². The van der Waals surface area contributed by atoms with E-state index in [0.29, 0.717) is 10.9 Å². The second-order valence-corrected chi connectivity index (χ2v) is 6.89. The molecule has 0 aliphatic rings. The summed E-state index contributed by atoms with van der Waals surface area (Å²) in [5.41, 5.74) is 4.30. The summed E-state index contributed by atoms with van der Waals surface area (Å²) in [4.78, 5) is 21.2. The zero-order valence-corrected chi connectivity index (χ0v) is 13.7. The van der Waals surface area contributed by atoms with Crippen molar-refractivity contribution >= 4 is 38.1 Å². The Kier molecular flexibility index (Phi) is 2.69. The molecule has 4 nitrogen and oxygen atoms in total. The van der Waals surface area contributed by atoms with E-state index >= 15 is 0 Å². The summed E-state index contributed by atoms with van der Waals surface area (Å²) in [5, 5.41) is 1.47. The van der Waals surface area contributed by atoms with Gasteiger partial charge in [0.25, 0.3) is 0 Å². The van der Waals surface area contributed by atoms with E-state index in [9.17, 15) is 4.79 Å². The van der Waals surface area contributed by atoms with Gasteiger partial charge in [0.1, 0.15) is 10.7 Å². The van der Waals surface area contributed by atoms with E-state index in [1.165, 1.54) is 0 Å². The number of H-pyrrole nitrogens is 1. The molecule has 3 heterocycles. The number of pyridine rings is 1. The van der Waals surface area contributed by atoms with Crippen molar-refractivity contribution in [2.45, 2.75) is 6.92 Å². The molecule has 3 aromatic heterocycles. The lowest BCUT2D eigenvalue weighted by Gasteiger charge is -2.05. The Morgan fingerprint density at radius 2 is 1.88 bits per heavy atom. The quantitative estimate of drug-likeness (QED) is 0.496. The average Bonchev–Trinajstić information content (AvgIpc) is 3.18. The van der Waals surface area contributed by atoms with Gasteiger partial charge >= 0.3 is 0 Å². The number of aryl methyl sites for hydroxylation is 1. The van der Waals surface area contributed by atoms with Gasteiger partial charge in [-0.15, -0.1) is 11.3 Å². The second kappa shape index (κ2) is 4.79. The zero-order chi connectivity index (χ0) is 16.3. The minimum atomic E-state index is 0.0199. The van der Waals surface area contributed by atoms with E-state index in [4.69, 9.17) is 4.98 Å². The van der Waals surface area contributed by atoms with Crippen LogP contribution in [0.15, 0.2) is 59.5 Å². The van der Waals surface area contributed by atoms with Crippen molar-refractivity contribution in [3.05, 3.63) is 70.6 Å². The maximum atomic E-state index is 13.2. The average molecular weight is 331 g/mol. The number of rotatable bonds is 1. The molecule has 0 radical (unpaired) electrons. The van der Waals surface area contributed by atoms with E-state index in [2.05, 4.69) is 4.98 Å². The maximum absolute atomic E-state index is 13.2. The maximum Gasteiger partial charge on any atom is 0.201 e. The number of hydrogen-bond donors (Lipinski definition) is 1. The van der Waals surface area contributed by atoms with Crippen LogP contribution < -0.4 is 5.43 Å². The Morgan fingerprint density at radius 1 is 1.08 bits per heavy atom. The molecule has 1 N–H and O–H groups in total. The van der Waals surface area contributed by atoms with Crippen LogP contribution >= 0.6 is 11.3 Å². The topological polar surface area (TPSA) is 50.2 Å². The summed E-state index contributed by atoms with van der Waals surface area (Å²) in [6, 6.07) is 15.7. The molecular formula is C19H13N3OS. The van der Waals surface area contributed by atoms with E-state index in [-0.39, 0.29) is 5.43 Å². The molecule has 0 amide bonds. The highest BCUT2D eigenvalue weighted by molar-refractivity contribution is 7.21. The van der Waals surface area contributed by atoms with Crippen LogP contribution in [0.3, 0.4) is 0 Å². The molecule has 0 aliphatic heterocycles. The number of nitrogens with zero attached hydrogens (tertiary/aromatic N) is 2. The molecule has 5 heteroatoms. The van der Waals surface area contributed by atoms with Crippen LogP contribution in [0.4, 0.5) is 0 Å². The van der Waals surface area contributed by atoms with E-state index in [1.54, 1.807) is 11.3 Å². The highest BCUT2D eigenvalue weighted by Crippen LogP contribution is 2.31. The number of hydrogen-bond acceptors (Lipinski definition) is 3. The Balaban J connectivity index is 1.99. The standard InChI is InChI=1S/C19H13N3OS/c1-11-10-22-14-8-4-2-6-12(14)17(23)16(18(22)20-11)19-21-13-7-3-5-9-15(13)24-19/h2-10,20H,1H3. The first-order valence-corrected chi connectivity index (χ1v) is 8.52. The fourth-order valence-electron chi connectivity index (χ4n) is 3.21. The zero-order valence-electron chi connectivity index (χ0n) is 12.9. The van der Waals surface area contributed by atoms with Crippen LogP contribution in [0.2, 0.25) is 0 Å². The van der Waals surface area contributed by atoms with Crippen LogP contribution in [0, 0.1) is 6.92 Å². The van der Waals surface area contributed by atoms with E-state index < -0.39 is 0 Å².